The van der Waals surface area contributed by atoms with Gasteiger partial charge in [0.2, 0.25) is 5.43 Å². The first kappa shape index (κ1) is 15.3. The number of aromatic nitrogens is 1. The molecule has 0 radical (unpaired) electrons. The molecule has 22 heavy (non-hydrogen) atoms. The van der Waals surface area contributed by atoms with Crippen molar-refractivity contribution in [2.75, 3.05) is 6.61 Å². The zero-order valence-corrected chi connectivity index (χ0v) is 13.1. The molecule has 1 aliphatic rings. The van der Waals surface area contributed by atoms with E-state index in [-0.39, 0.29) is 28.4 Å². The minimum absolute atomic E-state index is 0.0971. The summed E-state index contributed by atoms with van der Waals surface area (Å²) in [5.74, 6) is -3.22. The van der Waals surface area contributed by atoms with Crippen LogP contribution in [0, 0.1) is 11.6 Å². The van der Waals surface area contributed by atoms with Crippen LogP contribution in [0.3, 0.4) is 0 Å². The summed E-state index contributed by atoms with van der Waals surface area (Å²) < 4.78 is 33.7. The average Bonchev–Trinajstić information content (AvgIpc) is 2.46. The first-order valence-corrected chi connectivity index (χ1v) is 7.73. The van der Waals surface area contributed by atoms with Gasteiger partial charge in [0.05, 0.1) is 27.9 Å². The van der Waals surface area contributed by atoms with E-state index >= 15 is 0 Å². The largest absolute Gasteiger partial charge is 0.462 e. The molecule has 0 saturated heterocycles. The molecule has 1 atom stereocenters. The van der Waals surface area contributed by atoms with Gasteiger partial charge >= 0.3 is 5.97 Å². The van der Waals surface area contributed by atoms with Crippen LogP contribution in [0.1, 0.15) is 29.6 Å². The fraction of sp³-hybridized carbons (Fsp3) is 0.286. The Labute approximate surface area is 133 Å². The highest BCUT2D eigenvalue weighted by Crippen LogP contribution is 2.47. The fourth-order valence-corrected chi connectivity index (χ4v) is 3.88. The van der Waals surface area contributed by atoms with E-state index < -0.39 is 28.1 Å². The molecule has 0 N–H and O–H groups in total. The van der Waals surface area contributed by atoms with Crippen molar-refractivity contribution in [2.45, 2.75) is 24.2 Å². The number of rotatable bonds is 2. The number of benzene rings is 1. The Hall–Kier alpha value is -1.60. The number of halogens is 3. The molecule has 1 aromatic heterocycles. The maximum absolute atomic E-state index is 13.7. The van der Waals surface area contributed by atoms with Crippen molar-refractivity contribution in [3.63, 3.8) is 0 Å². The van der Waals surface area contributed by atoms with Gasteiger partial charge in [0, 0.05) is 0 Å². The molecular formula is C14H10ClF2NO3S. The van der Waals surface area contributed by atoms with Crippen molar-refractivity contribution in [3.8, 4) is 0 Å². The third kappa shape index (κ3) is 1.95. The maximum Gasteiger partial charge on any atom is 0.344 e. The number of nitrogens with zero attached hydrogens (tertiary/aromatic N) is 1. The molecule has 0 amide bonds. The molecule has 0 spiro atoms. The maximum atomic E-state index is 13.7. The highest BCUT2D eigenvalue weighted by atomic mass is 35.5. The van der Waals surface area contributed by atoms with Crippen LogP contribution in [0.4, 0.5) is 8.78 Å². The Morgan fingerprint density at radius 2 is 2.18 bits per heavy atom. The molecule has 0 saturated carbocycles. The Morgan fingerprint density at radius 1 is 1.50 bits per heavy atom. The predicted octanol–water partition coefficient (Wildman–Crippen LogP) is 3.73. The Bertz CT molecular complexity index is 881. The first-order chi connectivity index (χ1) is 10.4. The Morgan fingerprint density at radius 3 is 2.77 bits per heavy atom. The lowest BCUT2D eigenvalue weighted by molar-refractivity contribution is 0.0518. The summed E-state index contributed by atoms with van der Waals surface area (Å²) in [5, 5.41) is -0.399. The van der Waals surface area contributed by atoms with Gasteiger partial charge < -0.3 is 9.30 Å². The van der Waals surface area contributed by atoms with E-state index in [0.717, 1.165) is 6.07 Å². The van der Waals surface area contributed by atoms with Crippen molar-refractivity contribution in [1.29, 1.82) is 0 Å². The molecule has 1 aliphatic heterocycles. The highest BCUT2D eigenvalue weighted by molar-refractivity contribution is 8.00. The van der Waals surface area contributed by atoms with Gasteiger partial charge in [0.1, 0.15) is 10.6 Å². The van der Waals surface area contributed by atoms with Crippen molar-refractivity contribution in [3.05, 3.63) is 38.5 Å². The molecule has 1 aromatic carbocycles. The Balaban J connectivity index is 2.46. The number of hydrogen-bond acceptors (Lipinski definition) is 4. The number of thioether (sulfide) groups is 1. The van der Waals surface area contributed by atoms with E-state index in [1.54, 1.807) is 18.4 Å². The number of fused-ring (bicyclic) bond motifs is 3. The number of carbonyl (C=O) groups excluding carboxylic acids is 1. The summed E-state index contributed by atoms with van der Waals surface area (Å²) in [5.41, 5.74) is -0.778. The third-order valence-electron chi connectivity index (χ3n) is 3.41. The van der Waals surface area contributed by atoms with E-state index in [9.17, 15) is 18.4 Å². The van der Waals surface area contributed by atoms with Gasteiger partial charge in [0.15, 0.2) is 11.6 Å². The number of pyridine rings is 1. The third-order valence-corrected chi connectivity index (χ3v) is 4.93. The van der Waals surface area contributed by atoms with Crippen molar-refractivity contribution in [1.82, 2.24) is 4.57 Å². The molecule has 0 aliphatic carbocycles. The molecule has 2 aromatic rings. The van der Waals surface area contributed by atoms with E-state index in [0.29, 0.717) is 5.03 Å². The molecule has 1 unspecified atom stereocenters. The molecule has 0 fully saturated rings. The number of esters is 1. The van der Waals surface area contributed by atoms with Crippen LogP contribution in [-0.4, -0.2) is 17.1 Å². The molecule has 4 nitrogen and oxygen atoms in total. The topological polar surface area (TPSA) is 48.3 Å². The zero-order valence-electron chi connectivity index (χ0n) is 11.6. The van der Waals surface area contributed by atoms with Crippen molar-refractivity contribution in [2.24, 2.45) is 0 Å². The normalized spacial score (nSPS) is 16.3. The van der Waals surface area contributed by atoms with Gasteiger partial charge in [-0.25, -0.2) is 13.6 Å². The molecular weight excluding hydrogens is 336 g/mol. The van der Waals surface area contributed by atoms with Crippen LogP contribution >= 0.6 is 23.4 Å². The first-order valence-electron chi connectivity index (χ1n) is 6.48. The van der Waals surface area contributed by atoms with Gasteiger partial charge in [-0.3, -0.25) is 4.79 Å². The average molecular weight is 346 g/mol. The second kappa shape index (κ2) is 5.24. The number of hydrogen-bond donors (Lipinski definition) is 0. The molecule has 2 heterocycles. The minimum Gasteiger partial charge on any atom is -0.462 e. The second-order valence-electron chi connectivity index (χ2n) is 4.70. The van der Waals surface area contributed by atoms with Gasteiger partial charge in [0.25, 0.3) is 0 Å². The summed E-state index contributed by atoms with van der Waals surface area (Å²) in [6.45, 7) is 3.52. The number of ether oxygens (including phenoxy) is 1. The monoisotopic (exact) mass is 345 g/mol. The van der Waals surface area contributed by atoms with Gasteiger partial charge in [-0.1, -0.05) is 23.4 Å². The quantitative estimate of drug-likeness (QED) is 0.614. The van der Waals surface area contributed by atoms with Gasteiger partial charge in [-0.15, -0.1) is 0 Å². The van der Waals surface area contributed by atoms with E-state index in [4.69, 9.17) is 16.3 Å². The van der Waals surface area contributed by atoms with Crippen LogP contribution in [0.5, 0.6) is 0 Å². The van der Waals surface area contributed by atoms with Crippen LogP contribution in [0.2, 0.25) is 5.02 Å². The zero-order chi connectivity index (χ0) is 16.2. The van der Waals surface area contributed by atoms with Gasteiger partial charge in [-0.2, -0.15) is 0 Å². The summed E-state index contributed by atoms with van der Waals surface area (Å²) >= 11 is 7.14. The molecule has 3 rings (SSSR count). The lowest BCUT2D eigenvalue weighted by atomic mass is 10.1. The van der Waals surface area contributed by atoms with E-state index in [1.165, 1.54) is 11.8 Å². The van der Waals surface area contributed by atoms with Gasteiger partial charge in [-0.05, 0) is 19.9 Å². The van der Waals surface area contributed by atoms with Crippen LogP contribution in [0.25, 0.3) is 10.9 Å². The fourth-order valence-electron chi connectivity index (χ4n) is 2.46. The van der Waals surface area contributed by atoms with E-state index in [2.05, 4.69) is 0 Å². The summed E-state index contributed by atoms with van der Waals surface area (Å²) in [6.07, 6.45) is 0. The second-order valence-corrected chi connectivity index (χ2v) is 6.38. The van der Waals surface area contributed by atoms with Crippen molar-refractivity contribution >= 4 is 40.2 Å². The lowest BCUT2D eigenvalue weighted by Crippen LogP contribution is -2.29. The van der Waals surface area contributed by atoms with Crippen molar-refractivity contribution < 1.29 is 18.3 Å². The van der Waals surface area contributed by atoms with Crippen LogP contribution in [-0.2, 0) is 4.74 Å². The summed E-state index contributed by atoms with van der Waals surface area (Å²) in [6, 6.07) is 0.768. The van der Waals surface area contributed by atoms with Crippen LogP contribution < -0.4 is 5.43 Å². The standard InChI is InChI=1S/C14H10ClF2NO3S/c1-3-21-14(20)8-12(19)6-4-7(16)10(17)9(15)11(6)18-5(2)22-13(8)18/h4-5H,3H2,1-2H3. The SMILES string of the molecule is CCOC(=O)c1c2n(c3c(Cl)c(F)c(F)cc3c1=O)C(C)S2. The lowest BCUT2D eigenvalue weighted by Gasteiger charge is -2.33. The summed E-state index contributed by atoms with van der Waals surface area (Å²) in [4.78, 5) is 24.5. The summed E-state index contributed by atoms with van der Waals surface area (Å²) in [7, 11) is 0. The van der Waals surface area contributed by atoms with E-state index in [1.807, 2.05) is 0 Å². The molecule has 0 bridgehead atoms. The smallest absolute Gasteiger partial charge is 0.344 e. The molecule has 116 valence electrons. The molecule has 8 heteroatoms. The minimum atomic E-state index is -1.23. The number of carbonyl (C=O) groups is 1. The Kier molecular flexibility index (Phi) is 3.65. The van der Waals surface area contributed by atoms with Crippen LogP contribution in [0.15, 0.2) is 15.9 Å². The highest BCUT2D eigenvalue weighted by Gasteiger charge is 2.35. The predicted molar refractivity (Wildman–Crippen MR) is 79.7 cm³/mol.